The van der Waals surface area contributed by atoms with Crippen molar-refractivity contribution in [2.24, 2.45) is 11.8 Å². The minimum absolute atomic E-state index is 0.0186. The number of benzene rings is 1. The van der Waals surface area contributed by atoms with Crippen LogP contribution in [-0.4, -0.2) is 66.8 Å². The van der Waals surface area contributed by atoms with E-state index in [2.05, 4.69) is 11.8 Å². The van der Waals surface area contributed by atoms with Gasteiger partial charge in [0.25, 0.3) is 5.91 Å². The Labute approximate surface area is 163 Å². The maximum absolute atomic E-state index is 12.6. The number of rotatable bonds is 6. The standard InChI is InChI=1S/C22H34N2O3/c1-17-7-8-21(11-18(17)2)27-16-22(26)24-13-19(20(14-24)15-25)12-23-9-5-3-4-6-10-23/h7-8,11,19-20,25H,3-6,9-10,12-16H2,1-2H3/t19-,20-/m1/s1. The first-order valence-electron chi connectivity index (χ1n) is 10.4. The molecule has 0 radical (unpaired) electrons. The molecule has 0 aliphatic carbocycles. The Hall–Kier alpha value is -1.59. The lowest BCUT2D eigenvalue weighted by molar-refractivity contribution is -0.132. The number of aliphatic hydroxyl groups excluding tert-OH is 1. The summed E-state index contributed by atoms with van der Waals surface area (Å²) >= 11 is 0. The molecule has 0 spiro atoms. The van der Waals surface area contributed by atoms with Gasteiger partial charge < -0.3 is 19.6 Å². The average Bonchev–Trinajstić information content (AvgIpc) is 2.89. The fourth-order valence-corrected chi connectivity index (χ4v) is 4.25. The van der Waals surface area contributed by atoms with Crippen LogP contribution in [0.25, 0.3) is 0 Å². The van der Waals surface area contributed by atoms with Crippen LogP contribution in [0.4, 0.5) is 0 Å². The smallest absolute Gasteiger partial charge is 0.260 e. The molecule has 1 aromatic carbocycles. The summed E-state index contributed by atoms with van der Waals surface area (Å²) in [5.41, 5.74) is 2.38. The monoisotopic (exact) mass is 374 g/mol. The number of likely N-dealkylation sites (tertiary alicyclic amines) is 2. The van der Waals surface area contributed by atoms with E-state index < -0.39 is 0 Å². The van der Waals surface area contributed by atoms with Gasteiger partial charge in [-0.25, -0.2) is 0 Å². The van der Waals surface area contributed by atoms with Gasteiger partial charge in [-0.2, -0.15) is 0 Å². The number of carbonyl (C=O) groups excluding carboxylic acids is 1. The van der Waals surface area contributed by atoms with E-state index in [0.717, 1.165) is 31.9 Å². The molecule has 1 aromatic rings. The van der Waals surface area contributed by atoms with E-state index in [4.69, 9.17) is 4.74 Å². The highest BCUT2D eigenvalue weighted by Gasteiger charge is 2.35. The van der Waals surface area contributed by atoms with Gasteiger partial charge in [0, 0.05) is 32.2 Å². The molecule has 2 aliphatic heterocycles. The fraction of sp³-hybridized carbons (Fsp3) is 0.682. The van der Waals surface area contributed by atoms with Crippen molar-refractivity contribution >= 4 is 5.91 Å². The minimum Gasteiger partial charge on any atom is -0.484 e. The lowest BCUT2D eigenvalue weighted by Crippen LogP contribution is -2.36. The summed E-state index contributed by atoms with van der Waals surface area (Å²) in [6.07, 6.45) is 5.18. The zero-order valence-electron chi connectivity index (χ0n) is 16.8. The number of aryl methyl sites for hydroxylation is 2. The fourth-order valence-electron chi connectivity index (χ4n) is 4.25. The highest BCUT2D eigenvalue weighted by Crippen LogP contribution is 2.25. The van der Waals surface area contributed by atoms with Crippen LogP contribution >= 0.6 is 0 Å². The molecule has 5 heteroatoms. The Morgan fingerprint density at radius 2 is 1.78 bits per heavy atom. The molecule has 1 amide bonds. The quantitative estimate of drug-likeness (QED) is 0.832. The number of nitrogens with zero attached hydrogens (tertiary/aromatic N) is 2. The number of hydrogen-bond donors (Lipinski definition) is 1. The molecule has 3 rings (SSSR count). The first-order valence-corrected chi connectivity index (χ1v) is 10.4. The molecule has 0 unspecified atom stereocenters. The highest BCUT2D eigenvalue weighted by molar-refractivity contribution is 5.78. The summed E-state index contributed by atoms with van der Waals surface area (Å²) in [7, 11) is 0. The predicted molar refractivity (Wildman–Crippen MR) is 107 cm³/mol. The molecule has 2 aliphatic rings. The van der Waals surface area contributed by atoms with E-state index in [1.807, 2.05) is 30.0 Å². The third kappa shape index (κ3) is 5.45. The summed E-state index contributed by atoms with van der Waals surface area (Å²) in [6.45, 7) is 9.00. The third-order valence-electron chi connectivity index (χ3n) is 6.20. The van der Waals surface area contributed by atoms with Crippen molar-refractivity contribution in [2.75, 3.05) is 45.9 Å². The van der Waals surface area contributed by atoms with Gasteiger partial charge in [-0.05, 0) is 69.0 Å². The second-order valence-corrected chi connectivity index (χ2v) is 8.25. The highest BCUT2D eigenvalue weighted by atomic mass is 16.5. The van der Waals surface area contributed by atoms with Crippen LogP contribution in [0.5, 0.6) is 5.75 Å². The first-order chi connectivity index (χ1) is 13.1. The van der Waals surface area contributed by atoms with E-state index in [1.54, 1.807) is 0 Å². The zero-order chi connectivity index (χ0) is 19.2. The summed E-state index contributed by atoms with van der Waals surface area (Å²) < 4.78 is 5.72. The lowest BCUT2D eigenvalue weighted by atomic mass is 9.96. The van der Waals surface area contributed by atoms with Crippen LogP contribution in [0.15, 0.2) is 18.2 Å². The van der Waals surface area contributed by atoms with Crippen molar-refractivity contribution < 1.29 is 14.6 Å². The van der Waals surface area contributed by atoms with Crippen molar-refractivity contribution in [3.63, 3.8) is 0 Å². The molecule has 2 fully saturated rings. The van der Waals surface area contributed by atoms with Crippen molar-refractivity contribution in [3.05, 3.63) is 29.3 Å². The molecule has 0 saturated carbocycles. The molecular formula is C22H34N2O3. The normalized spacial score (nSPS) is 24.0. The molecule has 27 heavy (non-hydrogen) atoms. The van der Waals surface area contributed by atoms with Crippen LogP contribution < -0.4 is 4.74 Å². The second-order valence-electron chi connectivity index (χ2n) is 8.25. The molecule has 150 valence electrons. The minimum atomic E-state index is 0.0186. The van der Waals surface area contributed by atoms with Gasteiger partial charge in [0.15, 0.2) is 6.61 Å². The maximum atomic E-state index is 12.6. The summed E-state index contributed by atoms with van der Waals surface area (Å²) in [4.78, 5) is 17.0. The molecule has 2 heterocycles. The molecule has 2 saturated heterocycles. The Balaban J connectivity index is 1.51. The van der Waals surface area contributed by atoms with Crippen LogP contribution in [0, 0.1) is 25.7 Å². The lowest BCUT2D eigenvalue weighted by Gasteiger charge is -2.26. The molecule has 1 N–H and O–H groups in total. The number of aliphatic hydroxyl groups is 1. The van der Waals surface area contributed by atoms with Crippen molar-refractivity contribution in [3.8, 4) is 5.75 Å². The maximum Gasteiger partial charge on any atom is 0.260 e. The molecule has 0 aromatic heterocycles. The molecular weight excluding hydrogens is 340 g/mol. The Bertz CT molecular complexity index is 626. The Morgan fingerprint density at radius 1 is 1.07 bits per heavy atom. The molecule has 0 bridgehead atoms. The van der Waals surface area contributed by atoms with Gasteiger partial charge in [-0.1, -0.05) is 18.9 Å². The predicted octanol–water partition coefficient (Wildman–Crippen LogP) is 2.63. The van der Waals surface area contributed by atoms with Crippen LogP contribution in [0.3, 0.4) is 0 Å². The number of ether oxygens (including phenoxy) is 1. The van der Waals surface area contributed by atoms with Gasteiger partial charge >= 0.3 is 0 Å². The SMILES string of the molecule is Cc1ccc(OCC(=O)N2C[C@@H](CN3CCCCCC3)[C@@H](CO)C2)cc1C. The van der Waals surface area contributed by atoms with Gasteiger partial charge in [0.2, 0.25) is 0 Å². The van der Waals surface area contributed by atoms with E-state index in [9.17, 15) is 9.90 Å². The van der Waals surface area contributed by atoms with E-state index >= 15 is 0 Å². The largest absolute Gasteiger partial charge is 0.484 e. The zero-order valence-corrected chi connectivity index (χ0v) is 16.8. The first kappa shape index (κ1) is 20.2. The summed E-state index contributed by atoms with van der Waals surface area (Å²) in [6, 6.07) is 5.91. The summed E-state index contributed by atoms with van der Waals surface area (Å²) in [5, 5.41) is 9.80. The molecule has 5 nitrogen and oxygen atoms in total. The third-order valence-corrected chi connectivity index (χ3v) is 6.20. The van der Waals surface area contributed by atoms with E-state index in [-0.39, 0.29) is 25.0 Å². The van der Waals surface area contributed by atoms with Crippen molar-refractivity contribution in [2.45, 2.75) is 39.5 Å². The van der Waals surface area contributed by atoms with E-state index in [1.165, 1.54) is 36.8 Å². The van der Waals surface area contributed by atoms with Crippen LogP contribution in [0.1, 0.15) is 36.8 Å². The Morgan fingerprint density at radius 3 is 2.44 bits per heavy atom. The molecule has 2 atom stereocenters. The number of carbonyl (C=O) groups is 1. The van der Waals surface area contributed by atoms with Crippen LogP contribution in [-0.2, 0) is 4.79 Å². The number of hydrogen-bond acceptors (Lipinski definition) is 4. The van der Waals surface area contributed by atoms with Crippen molar-refractivity contribution in [1.29, 1.82) is 0 Å². The van der Waals surface area contributed by atoms with Crippen molar-refractivity contribution in [1.82, 2.24) is 9.80 Å². The van der Waals surface area contributed by atoms with E-state index in [0.29, 0.717) is 12.5 Å². The second kappa shape index (κ2) is 9.56. The summed E-state index contributed by atoms with van der Waals surface area (Å²) in [5.74, 6) is 1.30. The average molecular weight is 375 g/mol. The van der Waals surface area contributed by atoms with Gasteiger partial charge in [0.05, 0.1) is 0 Å². The van der Waals surface area contributed by atoms with Crippen LogP contribution in [0.2, 0.25) is 0 Å². The number of amides is 1. The van der Waals surface area contributed by atoms with Gasteiger partial charge in [-0.3, -0.25) is 4.79 Å². The topological polar surface area (TPSA) is 53.0 Å². The van der Waals surface area contributed by atoms with Gasteiger partial charge in [0.1, 0.15) is 5.75 Å². The van der Waals surface area contributed by atoms with Gasteiger partial charge in [-0.15, -0.1) is 0 Å². The Kier molecular flexibility index (Phi) is 7.13.